The molecule has 1 rings (SSSR count). The van der Waals surface area contributed by atoms with Crippen LogP contribution in [0.1, 0.15) is 26.7 Å². The minimum absolute atomic E-state index is 0.272. The summed E-state index contributed by atoms with van der Waals surface area (Å²) >= 11 is 1.20. The average Bonchev–Trinajstić information content (AvgIpc) is 2.61. The van der Waals surface area contributed by atoms with Gasteiger partial charge in [-0.3, -0.25) is 0 Å². The van der Waals surface area contributed by atoms with Crippen LogP contribution in [0.25, 0.3) is 0 Å². The number of aliphatic hydroxyl groups is 1. The van der Waals surface area contributed by atoms with Gasteiger partial charge in [0.1, 0.15) is 0 Å². The number of nitrogens with zero attached hydrogens (tertiary/aromatic N) is 2. The van der Waals surface area contributed by atoms with Gasteiger partial charge in [0.05, 0.1) is 5.60 Å². The lowest BCUT2D eigenvalue weighted by Crippen LogP contribution is -2.35. The molecule has 5 nitrogen and oxygen atoms in total. The van der Waals surface area contributed by atoms with Crippen LogP contribution in [0.15, 0.2) is 0 Å². The fourth-order valence-electron chi connectivity index (χ4n) is 1.05. The van der Waals surface area contributed by atoms with Crippen molar-refractivity contribution in [3.05, 3.63) is 0 Å². The van der Waals surface area contributed by atoms with Crippen LogP contribution < -0.4 is 11.1 Å². The van der Waals surface area contributed by atoms with Gasteiger partial charge in [-0.05, 0) is 12.8 Å². The molecule has 1 aromatic rings. The first-order chi connectivity index (χ1) is 6.59. The Balaban J connectivity index is 2.47. The summed E-state index contributed by atoms with van der Waals surface area (Å²) in [6.07, 6.45) is 1.43. The average molecular weight is 216 g/mol. The molecule has 0 aliphatic carbocycles. The molecule has 1 aromatic heterocycles. The van der Waals surface area contributed by atoms with Gasteiger partial charge in [0.25, 0.3) is 0 Å². The maximum absolute atomic E-state index is 9.96. The summed E-state index contributed by atoms with van der Waals surface area (Å²) in [5, 5.41) is 13.6. The molecule has 0 fully saturated rings. The van der Waals surface area contributed by atoms with E-state index in [0.717, 1.165) is 0 Å². The van der Waals surface area contributed by atoms with Crippen molar-refractivity contribution in [2.24, 2.45) is 0 Å². The van der Waals surface area contributed by atoms with Crippen LogP contribution in [0.4, 0.5) is 11.1 Å². The molecule has 0 unspecified atom stereocenters. The standard InChI is InChI=1S/C8H16N4OS/c1-3-8(13,4-2)5-10-7-11-6(9)12-14-7/h13H,3-5H2,1-2H3,(H3,9,10,11,12). The summed E-state index contributed by atoms with van der Waals surface area (Å²) in [5.41, 5.74) is 4.70. The highest BCUT2D eigenvalue weighted by Crippen LogP contribution is 2.17. The fraction of sp³-hybridized carbons (Fsp3) is 0.750. The first-order valence-corrected chi connectivity index (χ1v) is 5.42. The van der Waals surface area contributed by atoms with Crippen molar-refractivity contribution >= 4 is 22.6 Å². The predicted octanol–water partition coefficient (Wildman–Crippen LogP) is 1.08. The Bertz CT molecular complexity index is 285. The van der Waals surface area contributed by atoms with Gasteiger partial charge in [-0.2, -0.15) is 9.36 Å². The number of nitrogens with one attached hydrogen (secondary N) is 1. The van der Waals surface area contributed by atoms with Crippen LogP contribution in [0, 0.1) is 0 Å². The van der Waals surface area contributed by atoms with Crippen molar-refractivity contribution in [1.29, 1.82) is 0 Å². The van der Waals surface area contributed by atoms with Crippen molar-refractivity contribution < 1.29 is 5.11 Å². The summed E-state index contributed by atoms with van der Waals surface area (Å²) in [4.78, 5) is 3.95. The number of hydrogen-bond acceptors (Lipinski definition) is 6. The molecule has 14 heavy (non-hydrogen) atoms. The molecule has 0 aliphatic rings. The van der Waals surface area contributed by atoms with Crippen molar-refractivity contribution in [1.82, 2.24) is 9.36 Å². The van der Waals surface area contributed by atoms with E-state index in [9.17, 15) is 5.11 Å². The molecule has 1 heterocycles. The topological polar surface area (TPSA) is 84.1 Å². The molecule has 0 atom stereocenters. The minimum Gasteiger partial charge on any atom is -0.388 e. The van der Waals surface area contributed by atoms with Gasteiger partial charge in [0.2, 0.25) is 11.1 Å². The second kappa shape index (κ2) is 4.56. The van der Waals surface area contributed by atoms with Crippen LogP contribution in [0.2, 0.25) is 0 Å². The Kier molecular flexibility index (Phi) is 3.65. The smallest absolute Gasteiger partial charge is 0.233 e. The van der Waals surface area contributed by atoms with E-state index in [2.05, 4.69) is 14.7 Å². The minimum atomic E-state index is -0.666. The van der Waals surface area contributed by atoms with E-state index in [1.807, 2.05) is 13.8 Å². The highest BCUT2D eigenvalue weighted by atomic mass is 32.1. The Hall–Kier alpha value is -0.880. The predicted molar refractivity (Wildman–Crippen MR) is 58.3 cm³/mol. The first-order valence-electron chi connectivity index (χ1n) is 4.65. The first kappa shape index (κ1) is 11.2. The summed E-state index contributed by atoms with van der Waals surface area (Å²) in [6, 6.07) is 0. The molecule has 6 heteroatoms. The number of nitrogens with two attached hydrogens (primary N) is 1. The largest absolute Gasteiger partial charge is 0.388 e. The number of rotatable bonds is 5. The quantitative estimate of drug-likeness (QED) is 0.686. The zero-order valence-corrected chi connectivity index (χ0v) is 9.27. The molecule has 0 aliphatic heterocycles. The number of hydrogen-bond donors (Lipinski definition) is 3. The van der Waals surface area contributed by atoms with Gasteiger partial charge in [0.15, 0.2) is 0 Å². The van der Waals surface area contributed by atoms with E-state index in [1.165, 1.54) is 11.5 Å². The molecule has 0 radical (unpaired) electrons. The van der Waals surface area contributed by atoms with Gasteiger partial charge in [-0.1, -0.05) is 13.8 Å². The zero-order valence-electron chi connectivity index (χ0n) is 8.45. The lowest BCUT2D eigenvalue weighted by atomic mass is 9.98. The van der Waals surface area contributed by atoms with E-state index < -0.39 is 5.60 Å². The molecule has 0 spiro atoms. The van der Waals surface area contributed by atoms with Gasteiger partial charge < -0.3 is 16.2 Å². The lowest BCUT2D eigenvalue weighted by Gasteiger charge is -2.24. The van der Waals surface area contributed by atoms with Crippen molar-refractivity contribution in [3.8, 4) is 0 Å². The summed E-state index contributed by atoms with van der Waals surface area (Å²) in [5.74, 6) is 0.272. The second-order valence-corrected chi connectivity index (χ2v) is 3.99. The normalized spacial score (nSPS) is 11.6. The molecule has 0 amide bonds. The highest BCUT2D eigenvalue weighted by molar-refractivity contribution is 7.09. The van der Waals surface area contributed by atoms with E-state index in [-0.39, 0.29) is 5.95 Å². The molecule has 4 N–H and O–H groups in total. The zero-order chi connectivity index (χ0) is 10.6. The SMILES string of the molecule is CCC(O)(CC)CNc1nc(N)ns1. The molecule has 0 bridgehead atoms. The van der Waals surface area contributed by atoms with Crippen LogP contribution in [-0.2, 0) is 0 Å². The van der Waals surface area contributed by atoms with Gasteiger partial charge >= 0.3 is 0 Å². The molecule has 0 aromatic carbocycles. The molecule has 80 valence electrons. The number of aromatic nitrogens is 2. The second-order valence-electron chi connectivity index (χ2n) is 3.24. The molecule has 0 saturated carbocycles. The van der Waals surface area contributed by atoms with Crippen LogP contribution in [0.3, 0.4) is 0 Å². The van der Waals surface area contributed by atoms with Crippen molar-refractivity contribution in [2.75, 3.05) is 17.6 Å². The fourth-order valence-corrected chi connectivity index (χ4v) is 1.54. The van der Waals surface area contributed by atoms with Crippen LogP contribution >= 0.6 is 11.5 Å². The summed E-state index contributed by atoms with van der Waals surface area (Å²) in [7, 11) is 0. The Morgan fingerprint density at radius 2 is 2.14 bits per heavy atom. The van der Waals surface area contributed by atoms with E-state index in [4.69, 9.17) is 5.73 Å². The van der Waals surface area contributed by atoms with E-state index >= 15 is 0 Å². The van der Waals surface area contributed by atoms with Crippen molar-refractivity contribution in [3.63, 3.8) is 0 Å². The molecule has 0 saturated heterocycles. The lowest BCUT2D eigenvalue weighted by molar-refractivity contribution is 0.0457. The molecular formula is C8H16N4OS. The van der Waals surface area contributed by atoms with Gasteiger partial charge in [-0.15, -0.1) is 0 Å². The van der Waals surface area contributed by atoms with Gasteiger partial charge in [0, 0.05) is 18.1 Å². The third-order valence-electron chi connectivity index (χ3n) is 2.33. The Morgan fingerprint density at radius 3 is 2.57 bits per heavy atom. The third kappa shape index (κ3) is 2.81. The number of anilines is 2. The monoisotopic (exact) mass is 216 g/mol. The Labute approximate surface area is 87.5 Å². The van der Waals surface area contributed by atoms with Gasteiger partial charge in [-0.25, -0.2) is 0 Å². The summed E-state index contributed by atoms with van der Waals surface area (Å²) in [6.45, 7) is 4.40. The molecular weight excluding hydrogens is 200 g/mol. The summed E-state index contributed by atoms with van der Waals surface area (Å²) < 4.78 is 3.83. The van der Waals surface area contributed by atoms with E-state index in [1.54, 1.807) is 0 Å². The van der Waals surface area contributed by atoms with Crippen LogP contribution in [-0.4, -0.2) is 26.6 Å². The third-order valence-corrected chi connectivity index (χ3v) is 3.01. The van der Waals surface area contributed by atoms with Crippen molar-refractivity contribution in [2.45, 2.75) is 32.3 Å². The van der Waals surface area contributed by atoms with E-state index in [0.29, 0.717) is 24.5 Å². The maximum Gasteiger partial charge on any atom is 0.233 e. The van der Waals surface area contributed by atoms with Crippen LogP contribution in [0.5, 0.6) is 0 Å². The number of nitrogen functional groups attached to an aromatic ring is 1. The maximum atomic E-state index is 9.96. The highest BCUT2D eigenvalue weighted by Gasteiger charge is 2.22. The Morgan fingerprint density at radius 1 is 1.50 bits per heavy atom.